The van der Waals surface area contributed by atoms with Gasteiger partial charge >= 0.3 is 0 Å². The average molecular weight is 466 g/mol. The van der Waals surface area contributed by atoms with Crippen LogP contribution in [-0.2, 0) is 7.05 Å². The lowest BCUT2D eigenvalue weighted by Gasteiger charge is -2.43. The van der Waals surface area contributed by atoms with Gasteiger partial charge in [-0.2, -0.15) is 5.10 Å². The number of aryl methyl sites for hydroxylation is 1. The summed E-state index contributed by atoms with van der Waals surface area (Å²) in [5.74, 6) is 0.763. The third kappa shape index (κ3) is 5.83. The maximum atomic E-state index is 12.4. The Labute approximate surface area is 200 Å². The van der Waals surface area contributed by atoms with Crippen molar-refractivity contribution in [3.8, 4) is 0 Å². The second-order valence-electron chi connectivity index (χ2n) is 8.29. The van der Waals surface area contributed by atoms with E-state index in [-0.39, 0.29) is 17.6 Å². The summed E-state index contributed by atoms with van der Waals surface area (Å²) in [6.07, 6.45) is 4.24. The van der Waals surface area contributed by atoms with Crippen LogP contribution in [0.4, 0.5) is 11.5 Å². The minimum atomic E-state index is -0.0760. The van der Waals surface area contributed by atoms with E-state index in [1.165, 1.54) is 10.4 Å². The highest BCUT2D eigenvalue weighted by Crippen LogP contribution is 2.27. The van der Waals surface area contributed by atoms with Crippen LogP contribution in [0.1, 0.15) is 6.42 Å². The monoisotopic (exact) mass is 465 g/mol. The number of hydrogen-bond donors (Lipinski definition) is 1. The van der Waals surface area contributed by atoms with Gasteiger partial charge in [-0.1, -0.05) is 55.1 Å². The Morgan fingerprint density at radius 3 is 2.33 bits per heavy atom. The fourth-order valence-electron chi connectivity index (χ4n) is 4.09. The van der Waals surface area contributed by atoms with E-state index in [1.807, 2.05) is 36.4 Å². The molecule has 0 spiro atoms. The number of halogens is 1. The molecule has 33 heavy (non-hydrogen) atoms. The summed E-state index contributed by atoms with van der Waals surface area (Å²) in [4.78, 5) is 17.1. The Hall–Kier alpha value is -3.09. The quantitative estimate of drug-likeness (QED) is 0.559. The summed E-state index contributed by atoms with van der Waals surface area (Å²) in [5.41, 5.74) is 1.11. The molecule has 2 aromatic carbocycles. The number of rotatable bonds is 5. The van der Waals surface area contributed by atoms with Gasteiger partial charge in [-0.3, -0.25) is 4.79 Å². The zero-order valence-corrected chi connectivity index (χ0v) is 20.3. The molecule has 0 saturated carbocycles. The molecule has 2 unspecified atom stereocenters. The van der Waals surface area contributed by atoms with Crippen molar-refractivity contribution >= 4 is 33.9 Å². The minimum absolute atomic E-state index is 0.0760. The van der Waals surface area contributed by atoms with Gasteiger partial charge in [-0.15, -0.1) is 0 Å². The van der Waals surface area contributed by atoms with Crippen molar-refractivity contribution < 1.29 is 0 Å². The van der Waals surface area contributed by atoms with Crippen molar-refractivity contribution in [3.05, 3.63) is 89.2 Å². The van der Waals surface area contributed by atoms with E-state index < -0.39 is 0 Å². The van der Waals surface area contributed by atoms with E-state index in [1.54, 1.807) is 19.2 Å². The number of piperidine rings is 1. The van der Waals surface area contributed by atoms with E-state index in [9.17, 15) is 4.79 Å². The lowest BCUT2D eigenvalue weighted by Crippen LogP contribution is -2.56. The summed E-state index contributed by atoms with van der Waals surface area (Å²) in [5, 5.41) is 10.5. The first-order valence-electron chi connectivity index (χ1n) is 11.0. The number of benzene rings is 2. The van der Waals surface area contributed by atoms with Gasteiger partial charge in [0.25, 0.3) is 5.56 Å². The summed E-state index contributed by atoms with van der Waals surface area (Å²) < 4.78 is 1.41. The molecule has 174 valence electrons. The molecule has 4 rings (SSSR count). The Morgan fingerprint density at radius 2 is 1.73 bits per heavy atom. The van der Waals surface area contributed by atoms with Gasteiger partial charge in [-0.05, 0) is 50.8 Å². The Kier molecular flexibility index (Phi) is 8.31. The smallest absolute Gasteiger partial charge is 0.274 e. The summed E-state index contributed by atoms with van der Waals surface area (Å²) in [7, 11) is 5.92. The minimum Gasteiger partial charge on any atom is -0.370 e. The first kappa shape index (κ1) is 24.6. The number of allylic oxidation sites excluding steroid dienone is 2. The van der Waals surface area contributed by atoms with E-state index >= 15 is 0 Å². The number of aromatic nitrogens is 2. The van der Waals surface area contributed by atoms with Crippen LogP contribution < -0.4 is 15.8 Å². The molecule has 1 fully saturated rings. The van der Waals surface area contributed by atoms with Gasteiger partial charge in [-0.25, -0.2) is 4.68 Å². The number of fused-ring (bicyclic) bond motifs is 1. The molecular formula is C26H32ClN5O. The molecule has 7 heteroatoms. The van der Waals surface area contributed by atoms with Crippen molar-refractivity contribution in [2.45, 2.75) is 18.5 Å². The molecule has 2 heterocycles. The fraction of sp³-hybridized carbons (Fsp3) is 0.308. The molecule has 0 bridgehead atoms. The van der Waals surface area contributed by atoms with Gasteiger partial charge in [0.2, 0.25) is 0 Å². The van der Waals surface area contributed by atoms with Crippen molar-refractivity contribution in [2.24, 2.45) is 7.05 Å². The predicted octanol–water partition coefficient (Wildman–Crippen LogP) is 4.57. The standard InChI is InChI=1S/C22H26ClN5O.C4H6/c1-26(2)20-14-28(16-10-8-15(23)9-11-16)13-12-19(20)24-21-17-6-4-5-7-18(17)22(29)27(3)25-21;1-3-4-2/h4-11,19-20H,12-14H2,1-3H3,(H,24,25);3-4H,1-2H2. The second-order valence-corrected chi connectivity index (χ2v) is 8.72. The second kappa shape index (κ2) is 11.2. The van der Waals surface area contributed by atoms with Crippen LogP contribution in [0, 0.1) is 0 Å². The lowest BCUT2D eigenvalue weighted by atomic mass is 9.97. The van der Waals surface area contributed by atoms with Gasteiger partial charge in [0.05, 0.1) is 5.39 Å². The fourth-order valence-corrected chi connectivity index (χ4v) is 4.22. The maximum Gasteiger partial charge on any atom is 0.274 e. The van der Waals surface area contributed by atoms with Gasteiger partial charge < -0.3 is 15.1 Å². The van der Waals surface area contributed by atoms with Gasteiger partial charge in [0.1, 0.15) is 0 Å². The third-order valence-corrected chi connectivity index (χ3v) is 6.13. The van der Waals surface area contributed by atoms with Crippen LogP contribution in [0.25, 0.3) is 10.8 Å². The summed E-state index contributed by atoms with van der Waals surface area (Å²) >= 11 is 6.05. The number of nitrogens with zero attached hydrogens (tertiary/aromatic N) is 4. The van der Waals surface area contributed by atoms with E-state index in [2.05, 4.69) is 59.6 Å². The molecular weight excluding hydrogens is 434 g/mol. The van der Waals surface area contributed by atoms with Gasteiger partial charge in [0.15, 0.2) is 5.82 Å². The van der Waals surface area contributed by atoms with Crippen LogP contribution in [0.3, 0.4) is 0 Å². The Bertz CT molecular complexity index is 1150. The number of nitrogens with one attached hydrogen (secondary N) is 1. The van der Waals surface area contributed by atoms with Gasteiger partial charge in [0, 0.05) is 48.3 Å². The number of anilines is 2. The highest BCUT2D eigenvalue weighted by molar-refractivity contribution is 6.30. The first-order valence-corrected chi connectivity index (χ1v) is 11.4. The zero-order valence-electron chi connectivity index (χ0n) is 19.5. The van der Waals surface area contributed by atoms with Crippen LogP contribution in [0.2, 0.25) is 5.02 Å². The molecule has 0 aliphatic carbocycles. The normalized spacial score (nSPS) is 17.9. The number of likely N-dealkylation sites (N-methyl/N-ethyl adjacent to an activating group) is 1. The largest absolute Gasteiger partial charge is 0.370 e. The van der Waals surface area contributed by atoms with Crippen molar-refractivity contribution in [1.29, 1.82) is 0 Å². The SMILES string of the molecule is C=CC=C.CN(C)C1CN(c2ccc(Cl)cc2)CCC1Nc1nn(C)c(=O)c2ccccc12. The third-order valence-electron chi connectivity index (χ3n) is 5.88. The van der Waals surface area contributed by atoms with E-state index in [0.29, 0.717) is 5.39 Å². The van der Waals surface area contributed by atoms with E-state index in [0.717, 1.165) is 35.7 Å². The molecule has 6 nitrogen and oxygen atoms in total. The molecule has 0 radical (unpaired) electrons. The summed E-state index contributed by atoms with van der Waals surface area (Å²) in [6.45, 7) is 8.56. The van der Waals surface area contributed by atoms with Crippen molar-refractivity contribution in [2.75, 3.05) is 37.4 Å². The highest BCUT2D eigenvalue weighted by atomic mass is 35.5. The van der Waals surface area contributed by atoms with E-state index in [4.69, 9.17) is 11.6 Å². The molecule has 1 N–H and O–H groups in total. The summed E-state index contributed by atoms with van der Waals surface area (Å²) in [6, 6.07) is 16.2. The predicted molar refractivity (Wildman–Crippen MR) is 141 cm³/mol. The lowest BCUT2D eigenvalue weighted by molar-refractivity contribution is 0.239. The van der Waals surface area contributed by atoms with Crippen LogP contribution in [-0.4, -0.2) is 53.9 Å². The van der Waals surface area contributed by atoms with Crippen molar-refractivity contribution in [3.63, 3.8) is 0 Å². The topological polar surface area (TPSA) is 53.4 Å². The Balaban J connectivity index is 0.000000709. The Morgan fingerprint density at radius 1 is 1.09 bits per heavy atom. The zero-order chi connectivity index (χ0) is 24.0. The highest BCUT2D eigenvalue weighted by Gasteiger charge is 2.31. The average Bonchev–Trinajstić information content (AvgIpc) is 2.83. The maximum absolute atomic E-state index is 12.4. The molecule has 1 aliphatic heterocycles. The van der Waals surface area contributed by atoms with Crippen LogP contribution in [0.5, 0.6) is 0 Å². The molecule has 0 amide bonds. The first-order chi connectivity index (χ1) is 15.8. The van der Waals surface area contributed by atoms with Crippen LogP contribution in [0.15, 0.2) is 78.6 Å². The molecule has 1 aromatic heterocycles. The molecule has 2 atom stereocenters. The van der Waals surface area contributed by atoms with Crippen molar-refractivity contribution in [1.82, 2.24) is 14.7 Å². The molecule has 1 saturated heterocycles. The number of hydrogen-bond acceptors (Lipinski definition) is 5. The molecule has 1 aliphatic rings. The van der Waals surface area contributed by atoms with Crippen LogP contribution >= 0.6 is 11.6 Å². The molecule has 3 aromatic rings.